The van der Waals surface area contributed by atoms with E-state index in [0.717, 1.165) is 5.56 Å². The van der Waals surface area contributed by atoms with E-state index < -0.39 is 6.61 Å². The van der Waals surface area contributed by atoms with E-state index in [1.807, 2.05) is 19.9 Å². The lowest BCUT2D eigenvalue weighted by molar-refractivity contribution is -0.105. The molecule has 4 nitrogen and oxygen atoms in total. The van der Waals surface area contributed by atoms with Crippen LogP contribution in [0.25, 0.3) is 0 Å². The Morgan fingerprint density at radius 3 is 2.44 bits per heavy atom. The Bertz CT molecular complexity index is 766. The molecular formula is C22H25FN2O2. The number of carbonyl (C=O) groups is 1. The first-order chi connectivity index (χ1) is 13.0. The van der Waals surface area contributed by atoms with Crippen LogP contribution in [0.15, 0.2) is 77.0 Å². The summed E-state index contributed by atoms with van der Waals surface area (Å²) in [5.41, 5.74) is 1.91. The van der Waals surface area contributed by atoms with Crippen LogP contribution in [0.1, 0.15) is 25.8 Å². The summed E-state index contributed by atoms with van der Waals surface area (Å²) >= 11 is 0. The van der Waals surface area contributed by atoms with Gasteiger partial charge in [-0.15, -0.1) is 0 Å². The molecule has 0 fully saturated rings. The second-order valence-corrected chi connectivity index (χ2v) is 5.06. The predicted molar refractivity (Wildman–Crippen MR) is 108 cm³/mol. The van der Waals surface area contributed by atoms with Gasteiger partial charge in [0.15, 0.2) is 0 Å². The van der Waals surface area contributed by atoms with Gasteiger partial charge in [0.2, 0.25) is 0 Å². The number of halogens is 1. The molecule has 1 N–H and O–H groups in total. The number of hydrogen-bond acceptors (Lipinski definition) is 4. The number of allylic oxidation sites excluding steroid dienone is 3. The lowest BCUT2D eigenvalue weighted by atomic mass is 10.0. The quantitative estimate of drug-likeness (QED) is 0.229. The van der Waals surface area contributed by atoms with E-state index in [9.17, 15) is 14.4 Å². The van der Waals surface area contributed by atoms with Crippen molar-refractivity contribution in [3.63, 3.8) is 0 Å². The molecule has 142 valence electrons. The average Bonchev–Trinajstić information content (AvgIpc) is 2.71. The zero-order chi connectivity index (χ0) is 20.7. The van der Waals surface area contributed by atoms with Crippen LogP contribution in [0.2, 0.25) is 0 Å². The highest BCUT2D eigenvalue weighted by molar-refractivity contribution is 5.75. The molecule has 1 aromatic rings. The smallest absolute Gasteiger partial charge is 0.148 e. The van der Waals surface area contributed by atoms with Crippen molar-refractivity contribution in [2.24, 2.45) is 4.99 Å². The molecule has 0 spiro atoms. The highest BCUT2D eigenvalue weighted by Gasteiger charge is 2.06. The SMILES string of the molecule is C=C/C(C(=C)N=CCCc1ccc(F)cc1)=C(C#N)/C=C(/C=O)CO.CC. The maximum Gasteiger partial charge on any atom is 0.148 e. The van der Waals surface area contributed by atoms with Crippen LogP contribution in [-0.4, -0.2) is 24.2 Å². The van der Waals surface area contributed by atoms with E-state index in [1.165, 1.54) is 24.3 Å². The number of aliphatic hydroxyl groups is 1. The first kappa shape index (κ1) is 23.9. The largest absolute Gasteiger partial charge is 0.392 e. The van der Waals surface area contributed by atoms with Gasteiger partial charge in [0.25, 0.3) is 0 Å². The number of rotatable bonds is 9. The third-order valence-corrected chi connectivity index (χ3v) is 3.31. The second-order valence-electron chi connectivity index (χ2n) is 5.06. The maximum atomic E-state index is 12.8. The van der Waals surface area contributed by atoms with E-state index in [4.69, 9.17) is 5.11 Å². The van der Waals surface area contributed by atoms with Crippen LogP contribution in [0, 0.1) is 17.1 Å². The summed E-state index contributed by atoms with van der Waals surface area (Å²) < 4.78 is 12.8. The minimum Gasteiger partial charge on any atom is -0.392 e. The van der Waals surface area contributed by atoms with E-state index in [1.54, 1.807) is 18.3 Å². The lowest BCUT2D eigenvalue weighted by Crippen LogP contribution is -1.95. The van der Waals surface area contributed by atoms with Gasteiger partial charge in [-0.1, -0.05) is 45.2 Å². The van der Waals surface area contributed by atoms with Crippen LogP contribution in [0.3, 0.4) is 0 Å². The molecule has 0 saturated heterocycles. The van der Waals surface area contributed by atoms with Gasteiger partial charge in [-0.25, -0.2) is 4.39 Å². The number of aldehydes is 1. The van der Waals surface area contributed by atoms with Crippen molar-refractivity contribution < 1.29 is 14.3 Å². The van der Waals surface area contributed by atoms with Crippen molar-refractivity contribution in [3.05, 3.63) is 83.4 Å². The van der Waals surface area contributed by atoms with Gasteiger partial charge in [0.05, 0.1) is 23.9 Å². The Labute approximate surface area is 160 Å². The van der Waals surface area contributed by atoms with Crippen molar-refractivity contribution in [1.29, 1.82) is 5.26 Å². The second kappa shape index (κ2) is 14.1. The van der Waals surface area contributed by atoms with Crippen molar-refractivity contribution in [2.75, 3.05) is 6.61 Å². The van der Waals surface area contributed by atoms with Gasteiger partial charge in [-0.2, -0.15) is 5.26 Å². The molecule has 0 heterocycles. The van der Waals surface area contributed by atoms with Crippen molar-refractivity contribution >= 4 is 12.5 Å². The summed E-state index contributed by atoms with van der Waals surface area (Å²) in [5, 5.41) is 18.3. The Balaban J connectivity index is 0.00000326. The molecule has 0 radical (unpaired) electrons. The number of carbonyl (C=O) groups excluding carboxylic acids is 1. The Hall–Kier alpha value is -3.10. The molecule has 5 heteroatoms. The van der Waals surface area contributed by atoms with E-state index in [2.05, 4.69) is 18.2 Å². The molecule has 0 aromatic heterocycles. The van der Waals surface area contributed by atoms with Crippen LogP contribution in [0.5, 0.6) is 0 Å². The standard InChI is InChI=1S/C20H19FN2O2.C2H6/c1-3-20(18(12-22)11-17(13-24)14-25)15(2)23-10-4-5-16-6-8-19(21)9-7-16;1-2/h3,6-11,13,25H,1-2,4-5,14H2;1-2H3/b17-11-,20-18+,23-10?;. The number of hydrogen-bond donors (Lipinski definition) is 1. The van der Waals surface area contributed by atoms with Gasteiger partial charge in [0.1, 0.15) is 12.1 Å². The fraction of sp³-hybridized carbons (Fsp3) is 0.227. The van der Waals surface area contributed by atoms with Crippen molar-refractivity contribution in [2.45, 2.75) is 26.7 Å². The zero-order valence-corrected chi connectivity index (χ0v) is 15.8. The molecular weight excluding hydrogens is 343 g/mol. The number of nitrogens with zero attached hydrogens (tertiary/aromatic N) is 2. The van der Waals surface area contributed by atoms with E-state index >= 15 is 0 Å². The van der Waals surface area contributed by atoms with Crippen LogP contribution >= 0.6 is 0 Å². The zero-order valence-electron chi connectivity index (χ0n) is 15.8. The monoisotopic (exact) mass is 368 g/mol. The number of aryl methyl sites for hydroxylation is 1. The van der Waals surface area contributed by atoms with Crippen molar-refractivity contribution in [1.82, 2.24) is 0 Å². The highest BCUT2D eigenvalue weighted by Crippen LogP contribution is 2.17. The fourth-order valence-electron chi connectivity index (χ4n) is 1.98. The maximum absolute atomic E-state index is 12.8. The molecule has 0 unspecified atom stereocenters. The molecule has 0 aliphatic carbocycles. The summed E-state index contributed by atoms with van der Waals surface area (Å²) in [4.78, 5) is 15.0. The number of benzene rings is 1. The minimum atomic E-state index is -0.466. The van der Waals surface area contributed by atoms with Crippen LogP contribution in [-0.2, 0) is 11.2 Å². The summed E-state index contributed by atoms with van der Waals surface area (Å²) in [5.74, 6) is -0.277. The molecule has 0 aliphatic heterocycles. The number of nitriles is 1. The minimum absolute atomic E-state index is 0.0731. The normalized spacial score (nSPS) is 11.7. The highest BCUT2D eigenvalue weighted by atomic mass is 19.1. The molecule has 1 aromatic carbocycles. The van der Waals surface area contributed by atoms with E-state index in [-0.39, 0.29) is 17.0 Å². The fourth-order valence-corrected chi connectivity index (χ4v) is 1.98. The first-order valence-corrected chi connectivity index (χ1v) is 8.55. The van der Waals surface area contributed by atoms with Crippen LogP contribution < -0.4 is 0 Å². The van der Waals surface area contributed by atoms with Gasteiger partial charge in [-0.3, -0.25) is 9.79 Å². The van der Waals surface area contributed by atoms with Crippen molar-refractivity contribution in [3.8, 4) is 6.07 Å². The predicted octanol–water partition coefficient (Wildman–Crippen LogP) is 4.49. The third-order valence-electron chi connectivity index (χ3n) is 3.31. The molecule has 0 atom stereocenters. The van der Waals surface area contributed by atoms with Gasteiger partial charge in [0, 0.05) is 17.4 Å². The number of aliphatic imine (C=N–C) groups is 1. The topological polar surface area (TPSA) is 73.5 Å². The molecule has 27 heavy (non-hydrogen) atoms. The summed E-state index contributed by atoms with van der Waals surface area (Å²) in [6, 6.07) is 8.17. The summed E-state index contributed by atoms with van der Waals surface area (Å²) in [7, 11) is 0. The summed E-state index contributed by atoms with van der Waals surface area (Å²) in [6.07, 6.45) is 6.14. The Morgan fingerprint density at radius 2 is 1.96 bits per heavy atom. The molecule has 0 amide bonds. The Morgan fingerprint density at radius 1 is 1.33 bits per heavy atom. The molecule has 1 rings (SSSR count). The molecule has 0 saturated carbocycles. The molecule has 0 aliphatic rings. The van der Waals surface area contributed by atoms with Gasteiger partial charge in [-0.05, 0) is 36.6 Å². The first-order valence-electron chi connectivity index (χ1n) is 8.55. The Kier molecular flexibility index (Phi) is 12.5. The molecule has 0 bridgehead atoms. The van der Waals surface area contributed by atoms with Crippen LogP contribution in [0.4, 0.5) is 4.39 Å². The lowest BCUT2D eigenvalue weighted by Gasteiger charge is -2.04. The van der Waals surface area contributed by atoms with Gasteiger partial charge >= 0.3 is 0 Å². The third kappa shape index (κ3) is 8.70. The number of aliphatic hydroxyl groups excluding tert-OH is 1. The van der Waals surface area contributed by atoms with E-state index in [0.29, 0.717) is 30.4 Å². The van der Waals surface area contributed by atoms with Gasteiger partial charge < -0.3 is 5.11 Å². The summed E-state index contributed by atoms with van der Waals surface area (Å²) in [6.45, 7) is 11.0. The average molecular weight is 368 g/mol.